The molecule has 1 unspecified atom stereocenters. The van der Waals surface area contributed by atoms with Gasteiger partial charge in [0.25, 0.3) is 0 Å². The molecule has 5 nitrogen and oxygen atoms in total. The van der Waals surface area contributed by atoms with E-state index < -0.39 is 0 Å². The molecule has 1 aromatic carbocycles. The molecular weight excluding hydrogens is 256 g/mol. The van der Waals surface area contributed by atoms with Crippen molar-refractivity contribution in [2.45, 2.75) is 18.9 Å². The summed E-state index contributed by atoms with van der Waals surface area (Å²) in [5.41, 5.74) is 1.10. The first-order valence-corrected chi connectivity index (χ1v) is 6.98. The Morgan fingerprint density at radius 1 is 1.50 bits per heavy atom. The van der Waals surface area contributed by atoms with Gasteiger partial charge in [0.1, 0.15) is 11.8 Å². The number of para-hydroxylation sites is 2. The van der Waals surface area contributed by atoms with Gasteiger partial charge in [0.15, 0.2) is 0 Å². The van der Waals surface area contributed by atoms with Crippen LogP contribution in [0, 0.1) is 0 Å². The summed E-state index contributed by atoms with van der Waals surface area (Å²) < 4.78 is 10.5. The molecule has 1 atom stereocenters. The Kier molecular flexibility index (Phi) is 5.24. The first-order valence-electron chi connectivity index (χ1n) is 6.98. The Hall–Kier alpha value is -1.75. The number of benzene rings is 1. The number of methoxy groups -OCH3 is 1. The van der Waals surface area contributed by atoms with Crippen molar-refractivity contribution >= 4 is 11.7 Å². The highest BCUT2D eigenvalue weighted by Crippen LogP contribution is 2.30. The second-order valence-corrected chi connectivity index (χ2v) is 4.81. The molecule has 2 rings (SSSR count). The molecule has 0 fully saturated rings. The molecule has 20 heavy (non-hydrogen) atoms. The molecule has 1 heterocycles. The SMILES string of the molecule is CNC(CCN1CCCOc2ccccc21)C(=O)OC. The summed E-state index contributed by atoms with van der Waals surface area (Å²) in [6, 6.07) is 7.77. The van der Waals surface area contributed by atoms with Crippen LogP contribution in [0.5, 0.6) is 5.75 Å². The number of anilines is 1. The van der Waals surface area contributed by atoms with Crippen LogP contribution in [-0.2, 0) is 9.53 Å². The number of esters is 1. The average molecular weight is 278 g/mol. The second-order valence-electron chi connectivity index (χ2n) is 4.81. The molecule has 0 saturated heterocycles. The molecule has 0 bridgehead atoms. The van der Waals surface area contributed by atoms with Gasteiger partial charge in [-0.25, -0.2) is 0 Å². The van der Waals surface area contributed by atoms with E-state index in [0.717, 1.165) is 37.6 Å². The van der Waals surface area contributed by atoms with Gasteiger partial charge in [-0.1, -0.05) is 12.1 Å². The van der Waals surface area contributed by atoms with Gasteiger partial charge < -0.3 is 19.7 Å². The Morgan fingerprint density at radius 2 is 2.30 bits per heavy atom. The predicted octanol–water partition coefficient (Wildman–Crippen LogP) is 1.43. The molecule has 0 amide bonds. The predicted molar refractivity (Wildman–Crippen MR) is 78.2 cm³/mol. The third-order valence-corrected chi connectivity index (χ3v) is 3.56. The van der Waals surface area contributed by atoms with Crippen LogP contribution in [0.4, 0.5) is 5.69 Å². The van der Waals surface area contributed by atoms with Crippen LogP contribution in [0.3, 0.4) is 0 Å². The van der Waals surface area contributed by atoms with Crippen molar-refractivity contribution in [2.24, 2.45) is 0 Å². The zero-order valence-electron chi connectivity index (χ0n) is 12.1. The highest BCUT2D eigenvalue weighted by Gasteiger charge is 2.20. The van der Waals surface area contributed by atoms with Gasteiger partial charge >= 0.3 is 5.97 Å². The van der Waals surface area contributed by atoms with Crippen molar-refractivity contribution in [3.05, 3.63) is 24.3 Å². The fourth-order valence-electron chi connectivity index (χ4n) is 2.44. The van der Waals surface area contributed by atoms with Crippen molar-refractivity contribution in [3.8, 4) is 5.75 Å². The number of ether oxygens (including phenoxy) is 2. The quantitative estimate of drug-likeness (QED) is 0.826. The van der Waals surface area contributed by atoms with E-state index in [2.05, 4.69) is 16.3 Å². The van der Waals surface area contributed by atoms with Crippen LogP contribution in [0.15, 0.2) is 24.3 Å². The number of nitrogens with one attached hydrogen (secondary N) is 1. The standard InChI is InChI=1S/C15H22N2O3/c1-16-12(15(18)19-2)8-10-17-9-5-11-20-14-7-4-3-6-13(14)17/h3-4,6-7,12,16H,5,8-11H2,1-2H3. The summed E-state index contributed by atoms with van der Waals surface area (Å²) in [7, 11) is 3.20. The fraction of sp³-hybridized carbons (Fsp3) is 0.533. The van der Waals surface area contributed by atoms with E-state index in [9.17, 15) is 4.79 Å². The highest BCUT2D eigenvalue weighted by molar-refractivity contribution is 5.75. The third kappa shape index (κ3) is 3.42. The first-order chi connectivity index (χ1) is 9.76. The molecule has 1 aliphatic heterocycles. The van der Waals surface area contributed by atoms with Crippen molar-refractivity contribution in [1.82, 2.24) is 5.32 Å². The zero-order chi connectivity index (χ0) is 14.4. The number of rotatable bonds is 5. The summed E-state index contributed by atoms with van der Waals surface area (Å²) in [4.78, 5) is 13.9. The number of carbonyl (C=O) groups is 1. The number of hydrogen-bond donors (Lipinski definition) is 1. The lowest BCUT2D eigenvalue weighted by atomic mass is 10.2. The second kappa shape index (κ2) is 7.14. The van der Waals surface area contributed by atoms with Gasteiger partial charge in [0.2, 0.25) is 0 Å². The number of fused-ring (bicyclic) bond motifs is 1. The minimum Gasteiger partial charge on any atom is -0.491 e. The third-order valence-electron chi connectivity index (χ3n) is 3.56. The molecule has 0 radical (unpaired) electrons. The van der Waals surface area contributed by atoms with E-state index in [1.54, 1.807) is 7.05 Å². The number of hydrogen-bond acceptors (Lipinski definition) is 5. The number of likely N-dealkylation sites (N-methyl/N-ethyl adjacent to an activating group) is 1. The molecule has 5 heteroatoms. The Labute approximate surface area is 119 Å². The Morgan fingerprint density at radius 3 is 3.05 bits per heavy atom. The van der Waals surface area contributed by atoms with Crippen molar-refractivity contribution in [1.29, 1.82) is 0 Å². The van der Waals surface area contributed by atoms with E-state index in [-0.39, 0.29) is 12.0 Å². The lowest BCUT2D eigenvalue weighted by molar-refractivity contribution is -0.143. The smallest absolute Gasteiger partial charge is 0.322 e. The molecule has 1 N–H and O–H groups in total. The van der Waals surface area contributed by atoms with Crippen LogP contribution in [0.1, 0.15) is 12.8 Å². The Bertz CT molecular complexity index is 450. The van der Waals surface area contributed by atoms with Crippen molar-refractivity contribution < 1.29 is 14.3 Å². The highest BCUT2D eigenvalue weighted by atomic mass is 16.5. The lowest BCUT2D eigenvalue weighted by Gasteiger charge is -2.25. The topological polar surface area (TPSA) is 50.8 Å². The van der Waals surface area contributed by atoms with E-state index in [1.165, 1.54) is 7.11 Å². The van der Waals surface area contributed by atoms with Gasteiger partial charge in [-0.2, -0.15) is 0 Å². The number of nitrogens with zero attached hydrogens (tertiary/aromatic N) is 1. The van der Waals surface area contributed by atoms with E-state index in [4.69, 9.17) is 9.47 Å². The molecular formula is C15H22N2O3. The van der Waals surface area contributed by atoms with E-state index in [0.29, 0.717) is 6.42 Å². The van der Waals surface area contributed by atoms with Gasteiger partial charge in [-0.3, -0.25) is 4.79 Å². The molecule has 0 aliphatic carbocycles. The van der Waals surface area contributed by atoms with Crippen LogP contribution in [0.25, 0.3) is 0 Å². The summed E-state index contributed by atoms with van der Waals surface area (Å²) in [5, 5.41) is 3.00. The van der Waals surface area contributed by atoms with Crippen molar-refractivity contribution in [3.63, 3.8) is 0 Å². The monoisotopic (exact) mass is 278 g/mol. The lowest BCUT2D eigenvalue weighted by Crippen LogP contribution is -2.39. The maximum atomic E-state index is 11.6. The van der Waals surface area contributed by atoms with Gasteiger partial charge in [-0.05, 0) is 32.0 Å². The fourth-order valence-corrected chi connectivity index (χ4v) is 2.44. The molecule has 1 aromatic rings. The van der Waals surface area contributed by atoms with Gasteiger partial charge in [-0.15, -0.1) is 0 Å². The number of carbonyl (C=O) groups excluding carboxylic acids is 1. The van der Waals surface area contributed by atoms with Gasteiger partial charge in [0.05, 0.1) is 19.4 Å². The maximum absolute atomic E-state index is 11.6. The van der Waals surface area contributed by atoms with E-state index >= 15 is 0 Å². The van der Waals surface area contributed by atoms with Crippen LogP contribution >= 0.6 is 0 Å². The normalized spacial score (nSPS) is 15.8. The van der Waals surface area contributed by atoms with Crippen LogP contribution in [-0.4, -0.2) is 45.9 Å². The summed E-state index contributed by atoms with van der Waals surface area (Å²) in [6.07, 6.45) is 1.69. The molecule has 0 aromatic heterocycles. The molecule has 0 saturated carbocycles. The van der Waals surface area contributed by atoms with Gasteiger partial charge in [0, 0.05) is 13.1 Å². The minimum absolute atomic E-state index is 0.216. The maximum Gasteiger partial charge on any atom is 0.322 e. The van der Waals surface area contributed by atoms with E-state index in [1.807, 2.05) is 18.2 Å². The minimum atomic E-state index is -0.267. The first kappa shape index (κ1) is 14.7. The average Bonchev–Trinajstić information content (AvgIpc) is 2.70. The van der Waals surface area contributed by atoms with Crippen molar-refractivity contribution in [2.75, 3.05) is 38.8 Å². The van der Waals surface area contributed by atoms with Crippen LogP contribution in [0.2, 0.25) is 0 Å². The Balaban J connectivity index is 2.03. The summed E-state index contributed by atoms with van der Waals surface area (Å²) in [5.74, 6) is 0.705. The zero-order valence-corrected chi connectivity index (χ0v) is 12.1. The summed E-state index contributed by atoms with van der Waals surface area (Å²) >= 11 is 0. The van der Waals surface area contributed by atoms with Crippen LogP contribution < -0.4 is 15.0 Å². The summed E-state index contributed by atoms with van der Waals surface area (Å²) in [6.45, 7) is 2.47. The molecule has 110 valence electrons. The molecule has 1 aliphatic rings. The molecule has 0 spiro atoms. The largest absolute Gasteiger partial charge is 0.491 e.